The van der Waals surface area contributed by atoms with Crippen LogP contribution in [0.1, 0.15) is 48.7 Å². The molecule has 0 radical (unpaired) electrons. The summed E-state index contributed by atoms with van der Waals surface area (Å²) in [5.41, 5.74) is 0. The Morgan fingerprint density at radius 3 is 2.90 bits per heavy atom. The van der Waals surface area contributed by atoms with Crippen LogP contribution >= 0.6 is 39.5 Å². The number of thiophene rings is 1. The van der Waals surface area contributed by atoms with Gasteiger partial charge in [-0.25, -0.2) is 0 Å². The fourth-order valence-corrected chi connectivity index (χ4v) is 4.03. The van der Waals surface area contributed by atoms with E-state index in [4.69, 9.17) is 12.2 Å². The third kappa shape index (κ3) is 3.10. The van der Waals surface area contributed by atoms with E-state index in [-0.39, 0.29) is 0 Å². The van der Waals surface area contributed by atoms with Gasteiger partial charge >= 0.3 is 0 Å². The molecule has 4 nitrogen and oxygen atoms in total. The van der Waals surface area contributed by atoms with Crippen molar-refractivity contribution in [2.24, 2.45) is 5.10 Å². The average molecular weight is 371 g/mol. The molecule has 0 aromatic carbocycles. The van der Waals surface area contributed by atoms with E-state index in [9.17, 15) is 0 Å². The molecule has 106 valence electrons. The summed E-state index contributed by atoms with van der Waals surface area (Å²) in [4.78, 5) is 1.09. The fourth-order valence-electron chi connectivity index (χ4n) is 2.55. The Morgan fingerprint density at radius 1 is 1.40 bits per heavy atom. The van der Waals surface area contributed by atoms with Gasteiger partial charge in [-0.2, -0.15) is 14.9 Å². The van der Waals surface area contributed by atoms with Gasteiger partial charge in [-0.1, -0.05) is 19.3 Å². The van der Waals surface area contributed by atoms with Gasteiger partial charge in [-0.15, -0.1) is 11.3 Å². The van der Waals surface area contributed by atoms with Crippen LogP contribution in [0.25, 0.3) is 0 Å². The van der Waals surface area contributed by atoms with Crippen LogP contribution in [0, 0.1) is 4.77 Å². The van der Waals surface area contributed by atoms with Crippen LogP contribution in [0.2, 0.25) is 0 Å². The Labute approximate surface area is 135 Å². The summed E-state index contributed by atoms with van der Waals surface area (Å²) in [6.07, 6.45) is 8.07. The van der Waals surface area contributed by atoms with Gasteiger partial charge in [-0.05, 0) is 53.1 Å². The quantitative estimate of drug-likeness (QED) is 0.628. The van der Waals surface area contributed by atoms with Crippen molar-refractivity contribution in [1.29, 1.82) is 0 Å². The van der Waals surface area contributed by atoms with Gasteiger partial charge in [0.05, 0.1) is 10.0 Å². The van der Waals surface area contributed by atoms with Crippen molar-refractivity contribution in [3.05, 3.63) is 31.4 Å². The van der Waals surface area contributed by atoms with Crippen LogP contribution in [-0.4, -0.2) is 21.1 Å². The highest BCUT2D eigenvalue weighted by atomic mass is 79.9. The Bertz CT molecular complexity index is 664. The smallest absolute Gasteiger partial charge is 0.216 e. The standard InChI is InChI=1S/C13H15BrN4S2/c14-11-7-6-10(20-11)8-15-18-12(16-17-13(18)19)9-4-2-1-3-5-9/h6-9H,1-5H2,(H,17,19)/b15-8-. The Morgan fingerprint density at radius 2 is 2.20 bits per heavy atom. The van der Waals surface area contributed by atoms with Crippen LogP contribution in [-0.2, 0) is 0 Å². The van der Waals surface area contributed by atoms with Crippen molar-refractivity contribution < 1.29 is 0 Å². The molecule has 0 atom stereocenters. The van der Waals surface area contributed by atoms with Gasteiger partial charge in [-0.3, -0.25) is 5.10 Å². The van der Waals surface area contributed by atoms with E-state index in [2.05, 4.69) is 31.2 Å². The number of nitrogens with zero attached hydrogens (tertiary/aromatic N) is 3. The van der Waals surface area contributed by atoms with Crippen LogP contribution in [0.15, 0.2) is 21.0 Å². The average Bonchev–Trinajstić information content (AvgIpc) is 3.04. The molecular weight excluding hydrogens is 356 g/mol. The molecule has 3 rings (SSSR count). The summed E-state index contributed by atoms with van der Waals surface area (Å²) < 4.78 is 3.44. The second-order valence-corrected chi connectivity index (χ2v) is 7.80. The topological polar surface area (TPSA) is 46.0 Å². The lowest BCUT2D eigenvalue weighted by Gasteiger charge is -2.19. The van der Waals surface area contributed by atoms with Crippen LogP contribution in [0.3, 0.4) is 0 Å². The molecule has 2 aromatic heterocycles. The molecule has 1 aliphatic carbocycles. The lowest BCUT2D eigenvalue weighted by molar-refractivity contribution is 0.419. The van der Waals surface area contributed by atoms with Crippen LogP contribution < -0.4 is 0 Å². The number of aromatic nitrogens is 3. The minimum absolute atomic E-state index is 0.476. The van der Waals surface area contributed by atoms with E-state index in [1.165, 1.54) is 32.1 Å². The maximum atomic E-state index is 5.29. The molecule has 1 saturated carbocycles. The number of hydrogen-bond acceptors (Lipinski definition) is 4. The van der Waals surface area contributed by atoms with Crippen molar-refractivity contribution >= 4 is 45.7 Å². The van der Waals surface area contributed by atoms with E-state index in [0.717, 1.165) is 14.5 Å². The third-order valence-corrected chi connectivity index (χ3v) is 5.36. The molecule has 1 N–H and O–H groups in total. The van der Waals surface area contributed by atoms with Crippen LogP contribution in [0.4, 0.5) is 0 Å². The van der Waals surface area contributed by atoms with Crippen molar-refractivity contribution in [3.63, 3.8) is 0 Å². The molecule has 1 fully saturated rings. The first-order chi connectivity index (χ1) is 9.74. The normalized spacial score (nSPS) is 17.1. The van der Waals surface area contributed by atoms with E-state index in [1.807, 2.05) is 18.3 Å². The molecule has 0 unspecified atom stereocenters. The van der Waals surface area contributed by atoms with Gasteiger partial charge in [0, 0.05) is 10.8 Å². The highest BCUT2D eigenvalue weighted by molar-refractivity contribution is 9.11. The molecular formula is C13H15BrN4S2. The van der Waals surface area contributed by atoms with Gasteiger partial charge in [0.25, 0.3) is 0 Å². The third-order valence-electron chi connectivity index (χ3n) is 3.54. The fraction of sp³-hybridized carbons (Fsp3) is 0.462. The van der Waals surface area contributed by atoms with Crippen molar-refractivity contribution in [3.8, 4) is 0 Å². The van der Waals surface area contributed by atoms with E-state index >= 15 is 0 Å². The molecule has 2 heterocycles. The van der Waals surface area contributed by atoms with E-state index in [1.54, 1.807) is 16.0 Å². The van der Waals surface area contributed by atoms with Crippen molar-refractivity contribution in [2.75, 3.05) is 0 Å². The largest absolute Gasteiger partial charge is 0.250 e. The first kappa shape index (κ1) is 14.2. The lowest BCUT2D eigenvalue weighted by atomic mass is 9.89. The molecule has 20 heavy (non-hydrogen) atoms. The minimum Gasteiger partial charge on any atom is -0.250 e. The molecule has 0 aliphatic heterocycles. The highest BCUT2D eigenvalue weighted by Crippen LogP contribution is 2.31. The lowest BCUT2D eigenvalue weighted by Crippen LogP contribution is -2.10. The zero-order valence-corrected chi connectivity index (χ0v) is 14.1. The number of hydrogen-bond donors (Lipinski definition) is 1. The predicted molar refractivity (Wildman–Crippen MR) is 88.2 cm³/mol. The van der Waals surface area contributed by atoms with Gasteiger partial charge in [0.2, 0.25) is 4.77 Å². The maximum Gasteiger partial charge on any atom is 0.216 e. The minimum atomic E-state index is 0.476. The first-order valence-electron chi connectivity index (χ1n) is 6.71. The SMILES string of the molecule is S=c1[nH]nc(C2CCCCC2)n1/N=C\c1ccc(Br)s1. The molecule has 7 heteroatoms. The van der Waals surface area contributed by atoms with Crippen molar-refractivity contribution in [1.82, 2.24) is 14.9 Å². The number of H-pyrrole nitrogens is 1. The summed E-state index contributed by atoms with van der Waals surface area (Å²) in [6, 6.07) is 4.05. The molecule has 0 spiro atoms. The molecule has 1 aliphatic rings. The second kappa shape index (κ2) is 6.32. The second-order valence-electron chi connectivity index (χ2n) is 4.92. The van der Waals surface area contributed by atoms with E-state index < -0.39 is 0 Å². The monoisotopic (exact) mass is 370 g/mol. The highest BCUT2D eigenvalue weighted by Gasteiger charge is 2.21. The first-order valence-corrected chi connectivity index (χ1v) is 8.73. The number of halogens is 1. The zero-order chi connectivity index (χ0) is 13.9. The van der Waals surface area contributed by atoms with E-state index in [0.29, 0.717) is 10.7 Å². The summed E-state index contributed by atoms with van der Waals surface area (Å²) in [5, 5.41) is 11.8. The maximum absolute atomic E-state index is 5.29. The predicted octanol–water partition coefficient (Wildman–Crippen LogP) is 4.69. The number of nitrogens with one attached hydrogen (secondary N) is 1. The summed E-state index contributed by atoms with van der Waals surface area (Å²) in [5.74, 6) is 1.45. The summed E-state index contributed by atoms with van der Waals surface area (Å²) in [6.45, 7) is 0. The Kier molecular flexibility index (Phi) is 4.48. The molecule has 0 saturated heterocycles. The molecule has 0 bridgehead atoms. The summed E-state index contributed by atoms with van der Waals surface area (Å²) in [7, 11) is 0. The summed E-state index contributed by atoms with van der Waals surface area (Å²) >= 11 is 10.4. The van der Waals surface area contributed by atoms with Crippen LogP contribution in [0.5, 0.6) is 0 Å². The molecule has 2 aromatic rings. The van der Waals surface area contributed by atoms with Gasteiger partial charge in [0.1, 0.15) is 0 Å². The van der Waals surface area contributed by atoms with Gasteiger partial charge < -0.3 is 0 Å². The number of aromatic amines is 1. The van der Waals surface area contributed by atoms with Gasteiger partial charge in [0.15, 0.2) is 5.82 Å². The molecule has 0 amide bonds. The Hall–Kier alpha value is -0.790. The number of rotatable bonds is 3. The Balaban J connectivity index is 1.87. The van der Waals surface area contributed by atoms with Crippen molar-refractivity contribution in [2.45, 2.75) is 38.0 Å². The zero-order valence-electron chi connectivity index (χ0n) is 10.9.